The highest BCUT2D eigenvalue weighted by molar-refractivity contribution is 5.71. The first kappa shape index (κ1) is 9.31. The number of hydrogen-bond donors (Lipinski definition) is 1. The molecule has 0 aliphatic carbocycles. The zero-order valence-electron chi connectivity index (χ0n) is 9.04. The Morgan fingerprint density at radius 3 is 3.00 bits per heavy atom. The second-order valence-corrected chi connectivity index (χ2v) is 4.06. The molecule has 0 saturated carbocycles. The van der Waals surface area contributed by atoms with Crippen molar-refractivity contribution in [3.05, 3.63) is 18.0 Å². The molecule has 0 unspecified atom stereocenters. The van der Waals surface area contributed by atoms with Crippen molar-refractivity contribution < 1.29 is 0 Å². The normalized spacial score (nSPS) is 15.3. The molecular formula is C11H17N3. The van der Waals surface area contributed by atoms with E-state index in [1.54, 1.807) is 0 Å². The zero-order chi connectivity index (χ0) is 10.1. The Morgan fingerprint density at radius 1 is 1.50 bits per heavy atom. The molecule has 0 amide bonds. The number of anilines is 2. The SMILES string of the molecule is Cc1cc2c(cn1)NCCN2C(C)C. The predicted octanol–water partition coefficient (Wildman–Crippen LogP) is 2.03. The topological polar surface area (TPSA) is 28.2 Å². The molecule has 14 heavy (non-hydrogen) atoms. The van der Waals surface area contributed by atoms with Crippen LogP contribution in [0.3, 0.4) is 0 Å². The van der Waals surface area contributed by atoms with Crippen LogP contribution in [-0.4, -0.2) is 24.1 Å². The number of rotatable bonds is 1. The van der Waals surface area contributed by atoms with Crippen molar-refractivity contribution in [3.63, 3.8) is 0 Å². The third-order valence-corrected chi connectivity index (χ3v) is 2.62. The molecule has 2 rings (SSSR count). The van der Waals surface area contributed by atoms with E-state index < -0.39 is 0 Å². The van der Waals surface area contributed by atoms with E-state index in [0.29, 0.717) is 6.04 Å². The Labute approximate surface area is 85.1 Å². The molecule has 1 aromatic rings. The van der Waals surface area contributed by atoms with Gasteiger partial charge in [-0.2, -0.15) is 0 Å². The number of aryl methyl sites for hydroxylation is 1. The summed E-state index contributed by atoms with van der Waals surface area (Å²) in [5, 5.41) is 3.37. The van der Waals surface area contributed by atoms with Gasteiger partial charge >= 0.3 is 0 Å². The molecule has 0 spiro atoms. The van der Waals surface area contributed by atoms with Crippen LogP contribution < -0.4 is 10.2 Å². The molecule has 0 bridgehead atoms. The lowest BCUT2D eigenvalue weighted by molar-refractivity contribution is 0.680. The predicted molar refractivity (Wildman–Crippen MR) is 59.9 cm³/mol. The summed E-state index contributed by atoms with van der Waals surface area (Å²) in [5.74, 6) is 0. The highest BCUT2D eigenvalue weighted by Gasteiger charge is 2.18. The van der Waals surface area contributed by atoms with Crippen LogP contribution in [0.5, 0.6) is 0 Å². The summed E-state index contributed by atoms with van der Waals surface area (Å²) in [5.41, 5.74) is 3.53. The second kappa shape index (κ2) is 3.48. The van der Waals surface area contributed by atoms with Crippen molar-refractivity contribution in [2.75, 3.05) is 23.3 Å². The van der Waals surface area contributed by atoms with Crippen molar-refractivity contribution in [3.8, 4) is 0 Å². The average Bonchev–Trinajstić information content (AvgIpc) is 2.16. The Bertz CT molecular complexity index is 333. The van der Waals surface area contributed by atoms with E-state index in [4.69, 9.17) is 0 Å². The molecule has 1 aliphatic rings. The highest BCUT2D eigenvalue weighted by Crippen LogP contribution is 2.29. The lowest BCUT2D eigenvalue weighted by Gasteiger charge is -2.35. The summed E-state index contributed by atoms with van der Waals surface area (Å²) in [7, 11) is 0. The first-order valence-electron chi connectivity index (χ1n) is 5.15. The molecule has 1 aliphatic heterocycles. The molecule has 0 saturated heterocycles. The third kappa shape index (κ3) is 1.54. The fourth-order valence-electron chi connectivity index (χ4n) is 1.89. The van der Waals surface area contributed by atoms with E-state index in [0.717, 1.165) is 24.5 Å². The monoisotopic (exact) mass is 191 g/mol. The molecule has 0 radical (unpaired) electrons. The number of pyridine rings is 1. The van der Waals surface area contributed by atoms with E-state index in [9.17, 15) is 0 Å². The van der Waals surface area contributed by atoms with Crippen LogP contribution in [0.4, 0.5) is 11.4 Å². The van der Waals surface area contributed by atoms with Crippen molar-refractivity contribution in [1.29, 1.82) is 0 Å². The maximum Gasteiger partial charge on any atom is 0.0765 e. The Balaban J connectivity index is 2.41. The first-order valence-corrected chi connectivity index (χ1v) is 5.15. The lowest BCUT2D eigenvalue weighted by Crippen LogP contribution is -2.39. The van der Waals surface area contributed by atoms with Gasteiger partial charge in [-0.05, 0) is 26.8 Å². The molecule has 3 heteroatoms. The van der Waals surface area contributed by atoms with Gasteiger partial charge in [0, 0.05) is 24.8 Å². The van der Waals surface area contributed by atoms with Crippen molar-refractivity contribution in [2.24, 2.45) is 0 Å². The van der Waals surface area contributed by atoms with Gasteiger partial charge in [-0.25, -0.2) is 0 Å². The fraction of sp³-hybridized carbons (Fsp3) is 0.545. The minimum atomic E-state index is 0.553. The van der Waals surface area contributed by atoms with E-state index in [1.165, 1.54) is 5.69 Å². The molecule has 2 heterocycles. The summed E-state index contributed by atoms with van der Waals surface area (Å²) in [4.78, 5) is 6.71. The largest absolute Gasteiger partial charge is 0.380 e. The van der Waals surface area contributed by atoms with Gasteiger partial charge in [0.15, 0.2) is 0 Å². The van der Waals surface area contributed by atoms with Crippen LogP contribution in [-0.2, 0) is 0 Å². The summed E-state index contributed by atoms with van der Waals surface area (Å²) in [6, 6.07) is 2.71. The number of nitrogens with one attached hydrogen (secondary N) is 1. The molecule has 76 valence electrons. The van der Waals surface area contributed by atoms with Crippen molar-refractivity contribution in [2.45, 2.75) is 26.8 Å². The van der Waals surface area contributed by atoms with Crippen LogP contribution in [0.15, 0.2) is 12.3 Å². The van der Waals surface area contributed by atoms with Crippen molar-refractivity contribution in [1.82, 2.24) is 4.98 Å². The maximum absolute atomic E-state index is 4.30. The summed E-state index contributed by atoms with van der Waals surface area (Å²) in [6.07, 6.45) is 1.93. The molecule has 0 fully saturated rings. The number of fused-ring (bicyclic) bond motifs is 1. The minimum absolute atomic E-state index is 0.553. The number of nitrogens with zero attached hydrogens (tertiary/aromatic N) is 2. The van der Waals surface area contributed by atoms with Crippen LogP contribution in [0.25, 0.3) is 0 Å². The standard InChI is InChI=1S/C11H17N3/c1-8(2)14-5-4-12-10-7-13-9(3)6-11(10)14/h6-8,12H,4-5H2,1-3H3. The van der Waals surface area contributed by atoms with Crippen molar-refractivity contribution >= 4 is 11.4 Å². The van der Waals surface area contributed by atoms with Crippen LogP contribution in [0.1, 0.15) is 19.5 Å². The smallest absolute Gasteiger partial charge is 0.0765 e. The quantitative estimate of drug-likeness (QED) is 0.736. The van der Waals surface area contributed by atoms with Gasteiger partial charge in [0.25, 0.3) is 0 Å². The van der Waals surface area contributed by atoms with E-state index in [1.807, 2.05) is 13.1 Å². The second-order valence-electron chi connectivity index (χ2n) is 4.06. The molecule has 1 aromatic heterocycles. The van der Waals surface area contributed by atoms with Crippen LogP contribution >= 0.6 is 0 Å². The summed E-state index contributed by atoms with van der Waals surface area (Å²) in [6.45, 7) is 8.58. The van der Waals surface area contributed by atoms with Gasteiger partial charge in [-0.15, -0.1) is 0 Å². The lowest BCUT2D eigenvalue weighted by atomic mass is 10.2. The fourth-order valence-corrected chi connectivity index (χ4v) is 1.89. The Hall–Kier alpha value is -1.25. The number of hydrogen-bond acceptors (Lipinski definition) is 3. The van der Waals surface area contributed by atoms with Gasteiger partial charge < -0.3 is 10.2 Å². The molecule has 0 atom stereocenters. The van der Waals surface area contributed by atoms with E-state index >= 15 is 0 Å². The van der Waals surface area contributed by atoms with Gasteiger partial charge in [0.1, 0.15) is 0 Å². The zero-order valence-corrected chi connectivity index (χ0v) is 9.04. The van der Waals surface area contributed by atoms with Gasteiger partial charge in [0.2, 0.25) is 0 Å². The minimum Gasteiger partial charge on any atom is -0.380 e. The summed E-state index contributed by atoms with van der Waals surface area (Å²) < 4.78 is 0. The maximum atomic E-state index is 4.30. The molecule has 3 nitrogen and oxygen atoms in total. The van der Waals surface area contributed by atoms with Gasteiger partial charge in [-0.1, -0.05) is 0 Å². The van der Waals surface area contributed by atoms with E-state index in [-0.39, 0.29) is 0 Å². The first-order chi connectivity index (χ1) is 6.68. The highest BCUT2D eigenvalue weighted by atomic mass is 15.2. The number of aromatic nitrogens is 1. The third-order valence-electron chi connectivity index (χ3n) is 2.62. The van der Waals surface area contributed by atoms with Gasteiger partial charge in [0.05, 0.1) is 17.6 Å². The van der Waals surface area contributed by atoms with Gasteiger partial charge in [-0.3, -0.25) is 4.98 Å². The Kier molecular flexibility index (Phi) is 2.32. The van der Waals surface area contributed by atoms with E-state index in [2.05, 4.69) is 35.1 Å². The van der Waals surface area contributed by atoms with Crippen LogP contribution in [0, 0.1) is 6.92 Å². The molecule has 0 aromatic carbocycles. The van der Waals surface area contributed by atoms with Crippen LogP contribution in [0.2, 0.25) is 0 Å². The molecule has 1 N–H and O–H groups in total. The Morgan fingerprint density at radius 2 is 2.29 bits per heavy atom. The molecular weight excluding hydrogens is 174 g/mol. The summed E-state index contributed by atoms with van der Waals surface area (Å²) >= 11 is 0. The average molecular weight is 191 g/mol.